The van der Waals surface area contributed by atoms with Gasteiger partial charge in [-0.2, -0.15) is 0 Å². The fourth-order valence-electron chi connectivity index (χ4n) is 0.967. The molecule has 0 spiro atoms. The van der Waals surface area contributed by atoms with Crippen molar-refractivity contribution in [3.05, 3.63) is 29.8 Å². The lowest BCUT2D eigenvalue weighted by molar-refractivity contribution is 0.0601. The van der Waals surface area contributed by atoms with E-state index in [-0.39, 0.29) is 0 Å². The molecular formula is C9H10N2O4. The van der Waals surface area contributed by atoms with Crippen molar-refractivity contribution in [2.24, 2.45) is 0 Å². The van der Waals surface area contributed by atoms with E-state index in [0.29, 0.717) is 11.3 Å². The van der Waals surface area contributed by atoms with Crippen molar-refractivity contribution in [1.82, 2.24) is 5.48 Å². The average Bonchev–Trinajstić information content (AvgIpc) is 2.29. The molecule has 0 aromatic heterocycles. The highest BCUT2D eigenvalue weighted by molar-refractivity contribution is 5.91. The van der Waals surface area contributed by atoms with Crippen LogP contribution in [0.4, 0.5) is 10.5 Å². The SMILES string of the molecule is COC(=O)c1ccc(NC(=O)NO)cc1. The van der Waals surface area contributed by atoms with Gasteiger partial charge < -0.3 is 10.1 Å². The van der Waals surface area contributed by atoms with Gasteiger partial charge in [0.05, 0.1) is 12.7 Å². The minimum absolute atomic E-state index is 0.382. The number of carbonyl (C=O) groups excluding carboxylic acids is 2. The van der Waals surface area contributed by atoms with Crippen molar-refractivity contribution >= 4 is 17.7 Å². The summed E-state index contributed by atoms with van der Waals surface area (Å²) in [4.78, 5) is 21.7. The van der Waals surface area contributed by atoms with Gasteiger partial charge >= 0.3 is 12.0 Å². The Balaban J connectivity index is 2.72. The number of ether oxygens (including phenoxy) is 1. The highest BCUT2D eigenvalue weighted by Gasteiger charge is 2.05. The largest absolute Gasteiger partial charge is 0.465 e. The van der Waals surface area contributed by atoms with E-state index in [1.807, 2.05) is 0 Å². The zero-order valence-corrected chi connectivity index (χ0v) is 7.98. The summed E-state index contributed by atoms with van der Waals surface area (Å²) < 4.78 is 4.50. The molecule has 0 saturated heterocycles. The Morgan fingerprint density at radius 2 is 1.87 bits per heavy atom. The molecule has 1 rings (SSSR count). The predicted octanol–water partition coefficient (Wildman–Crippen LogP) is 0.984. The van der Waals surface area contributed by atoms with Crippen molar-refractivity contribution in [1.29, 1.82) is 0 Å². The number of nitrogens with one attached hydrogen (secondary N) is 2. The number of esters is 1. The number of methoxy groups -OCH3 is 1. The van der Waals surface area contributed by atoms with E-state index in [4.69, 9.17) is 5.21 Å². The normalized spacial score (nSPS) is 9.20. The molecule has 2 amide bonds. The number of anilines is 1. The fraction of sp³-hybridized carbons (Fsp3) is 0.111. The van der Waals surface area contributed by atoms with Crippen LogP contribution < -0.4 is 10.8 Å². The summed E-state index contributed by atoms with van der Waals surface area (Å²) in [5.74, 6) is -0.451. The molecule has 0 aliphatic heterocycles. The number of carbonyl (C=O) groups is 2. The number of hydrogen-bond acceptors (Lipinski definition) is 4. The van der Waals surface area contributed by atoms with Crippen molar-refractivity contribution < 1.29 is 19.5 Å². The number of hydroxylamine groups is 1. The first-order valence-electron chi connectivity index (χ1n) is 4.07. The van der Waals surface area contributed by atoms with Crippen LogP contribution >= 0.6 is 0 Å². The maximum Gasteiger partial charge on any atom is 0.342 e. The minimum Gasteiger partial charge on any atom is -0.465 e. The van der Waals surface area contributed by atoms with Gasteiger partial charge in [-0.1, -0.05) is 0 Å². The van der Waals surface area contributed by atoms with Crippen LogP contribution in [0.1, 0.15) is 10.4 Å². The third-order valence-corrected chi connectivity index (χ3v) is 1.67. The number of rotatable bonds is 2. The van der Waals surface area contributed by atoms with Crippen LogP contribution in [-0.2, 0) is 4.74 Å². The first kappa shape index (κ1) is 11.0. The number of benzene rings is 1. The van der Waals surface area contributed by atoms with Crippen molar-refractivity contribution in [2.45, 2.75) is 0 Å². The summed E-state index contributed by atoms with van der Waals surface area (Å²) >= 11 is 0. The Kier molecular flexibility index (Phi) is 3.64. The lowest BCUT2D eigenvalue weighted by Crippen LogP contribution is -2.25. The molecule has 0 fully saturated rings. The maximum atomic E-state index is 11.0. The third kappa shape index (κ3) is 2.96. The quantitative estimate of drug-likeness (QED) is 0.386. The first-order valence-corrected chi connectivity index (χ1v) is 4.07. The molecule has 15 heavy (non-hydrogen) atoms. The highest BCUT2D eigenvalue weighted by atomic mass is 16.5. The van der Waals surface area contributed by atoms with Gasteiger partial charge in [-0.15, -0.1) is 0 Å². The van der Waals surface area contributed by atoms with Crippen molar-refractivity contribution in [2.75, 3.05) is 12.4 Å². The molecule has 1 aromatic carbocycles. The van der Waals surface area contributed by atoms with Crippen LogP contribution in [0.15, 0.2) is 24.3 Å². The maximum absolute atomic E-state index is 11.0. The Bertz CT molecular complexity index is 361. The predicted molar refractivity (Wildman–Crippen MR) is 51.7 cm³/mol. The van der Waals surface area contributed by atoms with Gasteiger partial charge in [-0.25, -0.2) is 15.1 Å². The van der Waals surface area contributed by atoms with Gasteiger partial charge in [-0.05, 0) is 24.3 Å². The van der Waals surface area contributed by atoms with Gasteiger partial charge in [0.2, 0.25) is 0 Å². The Labute approximate surface area is 85.8 Å². The van der Waals surface area contributed by atoms with E-state index in [9.17, 15) is 9.59 Å². The molecule has 1 aromatic rings. The standard InChI is InChI=1S/C9H10N2O4/c1-15-8(12)6-2-4-7(5-3-6)10-9(13)11-14/h2-5,14H,1H3,(H2,10,11,13). The third-order valence-electron chi connectivity index (χ3n) is 1.67. The molecule has 0 aliphatic rings. The van der Waals surface area contributed by atoms with E-state index >= 15 is 0 Å². The molecule has 3 N–H and O–H groups in total. The minimum atomic E-state index is -0.749. The Morgan fingerprint density at radius 3 is 2.33 bits per heavy atom. The summed E-state index contributed by atoms with van der Waals surface area (Å²) in [5, 5.41) is 10.6. The van der Waals surface area contributed by atoms with Crippen LogP contribution in [0.25, 0.3) is 0 Å². The van der Waals surface area contributed by atoms with E-state index < -0.39 is 12.0 Å². The van der Waals surface area contributed by atoms with E-state index in [1.165, 1.54) is 36.9 Å². The number of amides is 2. The molecule has 0 heterocycles. The van der Waals surface area contributed by atoms with Crippen LogP contribution in [0.5, 0.6) is 0 Å². The highest BCUT2D eigenvalue weighted by Crippen LogP contribution is 2.09. The summed E-state index contributed by atoms with van der Waals surface area (Å²) in [5.41, 5.74) is 2.26. The van der Waals surface area contributed by atoms with Gasteiger partial charge in [0.1, 0.15) is 0 Å². The Morgan fingerprint density at radius 1 is 1.27 bits per heavy atom. The van der Waals surface area contributed by atoms with Gasteiger partial charge in [0.15, 0.2) is 0 Å². The summed E-state index contributed by atoms with van der Waals surface area (Å²) in [7, 11) is 1.29. The molecule has 0 saturated carbocycles. The lowest BCUT2D eigenvalue weighted by atomic mass is 10.2. The molecular weight excluding hydrogens is 200 g/mol. The van der Waals surface area contributed by atoms with Crippen LogP contribution in [0, 0.1) is 0 Å². The molecule has 0 bridgehead atoms. The monoisotopic (exact) mass is 210 g/mol. The summed E-state index contributed by atoms with van der Waals surface area (Å²) in [6.07, 6.45) is 0. The van der Waals surface area contributed by atoms with Crippen molar-refractivity contribution in [3.8, 4) is 0 Å². The van der Waals surface area contributed by atoms with Gasteiger partial charge in [0, 0.05) is 5.69 Å². The number of urea groups is 1. The van der Waals surface area contributed by atoms with Gasteiger partial charge in [-0.3, -0.25) is 5.21 Å². The topological polar surface area (TPSA) is 87.7 Å². The van der Waals surface area contributed by atoms with E-state index in [1.54, 1.807) is 0 Å². The van der Waals surface area contributed by atoms with E-state index in [0.717, 1.165) is 0 Å². The Hall–Kier alpha value is -2.08. The zero-order valence-electron chi connectivity index (χ0n) is 7.98. The zero-order chi connectivity index (χ0) is 11.3. The van der Waals surface area contributed by atoms with Crippen LogP contribution in [-0.4, -0.2) is 24.3 Å². The lowest BCUT2D eigenvalue weighted by Gasteiger charge is -2.04. The summed E-state index contributed by atoms with van der Waals surface area (Å²) in [6.45, 7) is 0. The van der Waals surface area contributed by atoms with E-state index in [2.05, 4.69) is 10.1 Å². The second-order valence-corrected chi connectivity index (χ2v) is 2.63. The average molecular weight is 210 g/mol. The van der Waals surface area contributed by atoms with Crippen molar-refractivity contribution in [3.63, 3.8) is 0 Å². The van der Waals surface area contributed by atoms with Gasteiger partial charge in [0.25, 0.3) is 0 Å². The second-order valence-electron chi connectivity index (χ2n) is 2.63. The number of hydrogen-bond donors (Lipinski definition) is 3. The first-order chi connectivity index (χ1) is 7.17. The molecule has 0 unspecified atom stereocenters. The molecule has 6 heteroatoms. The smallest absolute Gasteiger partial charge is 0.342 e. The van der Waals surface area contributed by atoms with Crippen LogP contribution in [0.2, 0.25) is 0 Å². The fourth-order valence-corrected chi connectivity index (χ4v) is 0.967. The molecule has 0 radical (unpaired) electrons. The molecule has 0 atom stereocenters. The van der Waals surface area contributed by atoms with Crippen LogP contribution in [0.3, 0.4) is 0 Å². The molecule has 6 nitrogen and oxygen atoms in total. The molecule has 0 aliphatic carbocycles. The summed E-state index contributed by atoms with van der Waals surface area (Å²) in [6, 6.07) is 5.28. The molecule has 80 valence electrons. The second kappa shape index (κ2) is 4.97.